The molecule has 1 aliphatic heterocycles. The summed E-state index contributed by atoms with van der Waals surface area (Å²) in [6, 6.07) is 3.57. The molecule has 0 radical (unpaired) electrons. The highest BCUT2D eigenvalue weighted by molar-refractivity contribution is 5.85. The number of carbonyl (C=O) groups is 1. The molecule has 1 amide bonds. The first-order valence-corrected chi connectivity index (χ1v) is 7.29. The summed E-state index contributed by atoms with van der Waals surface area (Å²) in [5, 5.41) is 2.79. The van der Waals surface area contributed by atoms with Gasteiger partial charge in [-0.25, -0.2) is 4.98 Å². The molecule has 3 N–H and O–H groups in total. The first-order chi connectivity index (χ1) is 9.56. The highest BCUT2D eigenvalue weighted by Gasteiger charge is 2.16. The normalized spacial score (nSPS) is 17.0. The SMILES string of the molecule is CC1CCN(c2ccc(CNC(=O)C(C)N)cn2)CC1.Cl. The van der Waals surface area contributed by atoms with Crippen LogP contribution in [0.3, 0.4) is 0 Å². The Bertz CT molecular complexity index is 441. The number of amides is 1. The quantitative estimate of drug-likeness (QED) is 0.888. The molecule has 1 saturated heterocycles. The Balaban J connectivity index is 0.00000220. The fraction of sp³-hybridized carbons (Fsp3) is 0.600. The molecule has 1 fully saturated rings. The first kappa shape index (κ1) is 17.7. The number of rotatable bonds is 4. The molecule has 118 valence electrons. The van der Waals surface area contributed by atoms with Crippen LogP contribution in [0, 0.1) is 5.92 Å². The average molecular weight is 313 g/mol. The molecule has 0 aromatic carbocycles. The zero-order valence-electron chi connectivity index (χ0n) is 12.7. The number of carbonyl (C=O) groups excluding carboxylic acids is 1. The molecule has 1 aliphatic rings. The Kier molecular flexibility index (Phi) is 6.92. The molecule has 0 bridgehead atoms. The molecular weight excluding hydrogens is 288 g/mol. The van der Waals surface area contributed by atoms with Gasteiger partial charge >= 0.3 is 0 Å². The number of halogens is 1. The molecule has 0 aliphatic carbocycles. The summed E-state index contributed by atoms with van der Waals surface area (Å²) >= 11 is 0. The van der Waals surface area contributed by atoms with Crippen LogP contribution in [0.5, 0.6) is 0 Å². The number of nitrogens with one attached hydrogen (secondary N) is 1. The summed E-state index contributed by atoms with van der Waals surface area (Å²) in [6.07, 6.45) is 4.29. The summed E-state index contributed by atoms with van der Waals surface area (Å²) in [5.74, 6) is 1.71. The topological polar surface area (TPSA) is 71.2 Å². The first-order valence-electron chi connectivity index (χ1n) is 7.29. The van der Waals surface area contributed by atoms with Gasteiger partial charge in [-0.15, -0.1) is 12.4 Å². The Morgan fingerprint density at radius 2 is 2.14 bits per heavy atom. The van der Waals surface area contributed by atoms with Crippen molar-refractivity contribution < 1.29 is 4.79 Å². The molecular formula is C15H25ClN4O. The van der Waals surface area contributed by atoms with Gasteiger partial charge < -0.3 is 16.0 Å². The minimum absolute atomic E-state index is 0. The van der Waals surface area contributed by atoms with Gasteiger partial charge in [0.25, 0.3) is 0 Å². The van der Waals surface area contributed by atoms with E-state index in [4.69, 9.17) is 5.73 Å². The number of hydrogen-bond acceptors (Lipinski definition) is 4. The van der Waals surface area contributed by atoms with Crippen molar-refractivity contribution in [3.05, 3.63) is 23.9 Å². The van der Waals surface area contributed by atoms with Gasteiger partial charge in [0.05, 0.1) is 6.04 Å². The highest BCUT2D eigenvalue weighted by atomic mass is 35.5. The average Bonchev–Trinajstić information content (AvgIpc) is 2.46. The van der Waals surface area contributed by atoms with Gasteiger partial charge in [-0.2, -0.15) is 0 Å². The number of nitrogens with zero attached hydrogens (tertiary/aromatic N) is 2. The second kappa shape index (κ2) is 8.20. The molecule has 2 rings (SSSR count). The van der Waals surface area contributed by atoms with E-state index < -0.39 is 6.04 Å². The Labute approximate surface area is 132 Å². The maximum absolute atomic E-state index is 11.4. The second-order valence-electron chi connectivity index (χ2n) is 5.70. The van der Waals surface area contributed by atoms with Gasteiger partial charge in [-0.3, -0.25) is 4.79 Å². The number of pyridine rings is 1. The molecule has 0 spiro atoms. The number of aromatic nitrogens is 1. The summed E-state index contributed by atoms with van der Waals surface area (Å²) in [5.41, 5.74) is 6.49. The molecule has 2 heterocycles. The van der Waals surface area contributed by atoms with Crippen molar-refractivity contribution in [1.82, 2.24) is 10.3 Å². The Morgan fingerprint density at radius 1 is 1.48 bits per heavy atom. The van der Waals surface area contributed by atoms with Crippen molar-refractivity contribution in [2.24, 2.45) is 11.7 Å². The molecule has 0 saturated carbocycles. The minimum atomic E-state index is -0.474. The van der Waals surface area contributed by atoms with E-state index in [1.807, 2.05) is 18.3 Å². The lowest BCUT2D eigenvalue weighted by Gasteiger charge is -2.31. The van der Waals surface area contributed by atoms with Gasteiger partial charge in [-0.05, 0) is 37.3 Å². The van der Waals surface area contributed by atoms with Crippen LogP contribution in [0.4, 0.5) is 5.82 Å². The third-order valence-corrected chi connectivity index (χ3v) is 3.80. The molecule has 1 unspecified atom stereocenters. The standard InChI is InChI=1S/C15H24N4O.ClH/c1-11-5-7-19(8-6-11)14-4-3-13(9-17-14)10-18-15(20)12(2)16;/h3-4,9,11-12H,5-8,10,16H2,1-2H3,(H,18,20);1H. The third-order valence-electron chi connectivity index (χ3n) is 3.80. The van der Waals surface area contributed by atoms with Gasteiger partial charge in [0, 0.05) is 25.8 Å². The number of nitrogens with two attached hydrogens (primary N) is 1. The predicted molar refractivity (Wildman–Crippen MR) is 87.6 cm³/mol. The van der Waals surface area contributed by atoms with Crippen LogP contribution in [0.15, 0.2) is 18.3 Å². The van der Waals surface area contributed by atoms with Crippen molar-refractivity contribution >= 4 is 24.1 Å². The van der Waals surface area contributed by atoms with E-state index in [2.05, 4.69) is 22.1 Å². The van der Waals surface area contributed by atoms with Crippen LogP contribution in [-0.4, -0.2) is 30.0 Å². The van der Waals surface area contributed by atoms with Gasteiger partial charge in [0.1, 0.15) is 5.82 Å². The maximum atomic E-state index is 11.4. The largest absolute Gasteiger partial charge is 0.357 e. The van der Waals surface area contributed by atoms with Crippen LogP contribution < -0.4 is 16.0 Å². The lowest BCUT2D eigenvalue weighted by Crippen LogP contribution is -2.37. The molecule has 6 heteroatoms. The van der Waals surface area contributed by atoms with E-state index in [0.29, 0.717) is 6.54 Å². The van der Waals surface area contributed by atoms with Crippen LogP contribution in [-0.2, 0) is 11.3 Å². The fourth-order valence-electron chi connectivity index (χ4n) is 2.30. The van der Waals surface area contributed by atoms with Gasteiger partial charge in [-0.1, -0.05) is 13.0 Å². The number of hydrogen-bond donors (Lipinski definition) is 2. The van der Waals surface area contributed by atoms with Crippen LogP contribution in [0.1, 0.15) is 32.3 Å². The molecule has 1 aromatic heterocycles. The fourth-order valence-corrected chi connectivity index (χ4v) is 2.30. The zero-order chi connectivity index (χ0) is 14.5. The highest BCUT2D eigenvalue weighted by Crippen LogP contribution is 2.21. The number of anilines is 1. The molecule has 1 atom stereocenters. The monoisotopic (exact) mass is 312 g/mol. The van der Waals surface area contributed by atoms with E-state index >= 15 is 0 Å². The van der Waals surface area contributed by atoms with Crippen molar-refractivity contribution in [2.45, 2.75) is 39.3 Å². The van der Waals surface area contributed by atoms with Crippen molar-refractivity contribution in [2.75, 3.05) is 18.0 Å². The zero-order valence-corrected chi connectivity index (χ0v) is 13.5. The lowest BCUT2D eigenvalue weighted by molar-refractivity contribution is -0.122. The van der Waals surface area contributed by atoms with E-state index in [1.54, 1.807) is 6.92 Å². The predicted octanol–water partition coefficient (Wildman–Crippen LogP) is 1.70. The lowest BCUT2D eigenvalue weighted by atomic mass is 9.99. The summed E-state index contributed by atoms with van der Waals surface area (Å²) < 4.78 is 0. The summed E-state index contributed by atoms with van der Waals surface area (Å²) in [6.45, 7) is 6.61. The minimum Gasteiger partial charge on any atom is -0.357 e. The number of piperidine rings is 1. The van der Waals surface area contributed by atoms with Gasteiger partial charge in [0.2, 0.25) is 5.91 Å². The second-order valence-corrected chi connectivity index (χ2v) is 5.70. The van der Waals surface area contributed by atoms with Crippen molar-refractivity contribution in [3.8, 4) is 0 Å². The Morgan fingerprint density at radius 3 is 2.67 bits per heavy atom. The smallest absolute Gasteiger partial charge is 0.236 e. The summed E-state index contributed by atoms with van der Waals surface area (Å²) in [4.78, 5) is 18.2. The van der Waals surface area contributed by atoms with Crippen LogP contribution >= 0.6 is 12.4 Å². The van der Waals surface area contributed by atoms with E-state index in [-0.39, 0.29) is 18.3 Å². The molecule has 5 nitrogen and oxygen atoms in total. The molecule has 21 heavy (non-hydrogen) atoms. The van der Waals surface area contributed by atoms with Gasteiger partial charge in [0.15, 0.2) is 0 Å². The Hall–Kier alpha value is -1.33. The summed E-state index contributed by atoms with van der Waals surface area (Å²) in [7, 11) is 0. The van der Waals surface area contributed by atoms with Crippen molar-refractivity contribution in [3.63, 3.8) is 0 Å². The van der Waals surface area contributed by atoms with Crippen LogP contribution in [0.2, 0.25) is 0 Å². The molecule has 1 aromatic rings. The maximum Gasteiger partial charge on any atom is 0.236 e. The van der Waals surface area contributed by atoms with E-state index in [9.17, 15) is 4.79 Å². The van der Waals surface area contributed by atoms with E-state index in [0.717, 1.165) is 30.4 Å². The van der Waals surface area contributed by atoms with Crippen molar-refractivity contribution in [1.29, 1.82) is 0 Å². The van der Waals surface area contributed by atoms with E-state index in [1.165, 1.54) is 12.8 Å². The van der Waals surface area contributed by atoms with Crippen LogP contribution in [0.25, 0.3) is 0 Å². The third kappa shape index (κ3) is 5.17.